The Kier molecular flexibility index (Phi) is 5.10. The minimum Gasteiger partial charge on any atom is -0.396 e. The van der Waals surface area contributed by atoms with Crippen molar-refractivity contribution >= 4 is 11.6 Å². The van der Waals surface area contributed by atoms with Gasteiger partial charge in [-0.05, 0) is 42.5 Å². The predicted molar refractivity (Wildman–Crippen MR) is 75.8 cm³/mol. The molecule has 2 rings (SSSR count). The highest BCUT2D eigenvalue weighted by atomic mass is 35.5. The highest BCUT2D eigenvalue weighted by Crippen LogP contribution is 2.23. The smallest absolute Gasteiger partial charge is 0.129 e. The summed E-state index contributed by atoms with van der Waals surface area (Å²) in [6.07, 6.45) is 0.615. The van der Waals surface area contributed by atoms with Crippen molar-refractivity contribution in [3.63, 3.8) is 0 Å². The van der Waals surface area contributed by atoms with Gasteiger partial charge in [0.15, 0.2) is 0 Å². The third-order valence-corrected chi connectivity index (χ3v) is 3.65. The van der Waals surface area contributed by atoms with E-state index in [2.05, 4.69) is 0 Å². The molecule has 0 aliphatic carbocycles. The number of rotatable bonds is 5. The van der Waals surface area contributed by atoms with Crippen LogP contribution in [0.15, 0.2) is 42.5 Å². The summed E-state index contributed by atoms with van der Waals surface area (Å²) >= 11 is 6.06. The molecule has 0 aliphatic heterocycles. The van der Waals surface area contributed by atoms with E-state index in [1.54, 1.807) is 6.07 Å². The third kappa shape index (κ3) is 3.56. The molecule has 2 aromatic rings. The lowest BCUT2D eigenvalue weighted by molar-refractivity contribution is 0.223. The maximum atomic E-state index is 13.6. The van der Waals surface area contributed by atoms with Gasteiger partial charge < -0.3 is 5.11 Å². The molecule has 0 heterocycles. The standard InChI is InChI=1S/C16H15ClF2O/c17-14-5-2-1-4-12(14)8-11(10-20)9-13-15(18)6-3-7-16(13)19/h1-7,11,20H,8-10H2. The van der Waals surface area contributed by atoms with Crippen LogP contribution < -0.4 is 0 Å². The summed E-state index contributed by atoms with van der Waals surface area (Å²) in [5.41, 5.74) is 0.878. The zero-order valence-electron chi connectivity index (χ0n) is 10.8. The van der Waals surface area contributed by atoms with Crippen LogP contribution in [0.2, 0.25) is 5.02 Å². The predicted octanol–water partition coefficient (Wildman–Crippen LogP) is 4.01. The Bertz CT molecular complexity index is 566. The van der Waals surface area contributed by atoms with Gasteiger partial charge in [0.25, 0.3) is 0 Å². The first kappa shape index (κ1) is 14.9. The van der Waals surface area contributed by atoms with Crippen molar-refractivity contribution in [1.29, 1.82) is 0 Å². The first-order chi connectivity index (χ1) is 9.61. The van der Waals surface area contributed by atoms with Gasteiger partial charge in [-0.2, -0.15) is 0 Å². The Morgan fingerprint density at radius 1 is 0.950 bits per heavy atom. The summed E-state index contributed by atoms with van der Waals surface area (Å²) in [6.45, 7) is -0.154. The van der Waals surface area contributed by atoms with Gasteiger partial charge in [0, 0.05) is 17.2 Å². The highest BCUT2D eigenvalue weighted by Gasteiger charge is 2.16. The van der Waals surface area contributed by atoms with E-state index in [0.717, 1.165) is 5.56 Å². The zero-order valence-corrected chi connectivity index (χ0v) is 11.6. The molecular weight excluding hydrogens is 282 g/mol. The second kappa shape index (κ2) is 6.82. The van der Waals surface area contributed by atoms with Gasteiger partial charge in [-0.15, -0.1) is 0 Å². The van der Waals surface area contributed by atoms with Gasteiger partial charge in [-0.3, -0.25) is 0 Å². The van der Waals surface area contributed by atoms with Crippen LogP contribution >= 0.6 is 11.6 Å². The van der Waals surface area contributed by atoms with Crippen molar-refractivity contribution in [2.24, 2.45) is 5.92 Å². The van der Waals surface area contributed by atoms with Gasteiger partial charge >= 0.3 is 0 Å². The molecule has 0 amide bonds. The van der Waals surface area contributed by atoms with Crippen molar-refractivity contribution in [1.82, 2.24) is 0 Å². The van der Waals surface area contributed by atoms with Gasteiger partial charge in [-0.1, -0.05) is 35.9 Å². The Morgan fingerprint density at radius 2 is 1.60 bits per heavy atom. The topological polar surface area (TPSA) is 20.2 Å². The van der Waals surface area contributed by atoms with Crippen LogP contribution in [0, 0.1) is 17.6 Å². The van der Waals surface area contributed by atoms with Gasteiger partial charge in [0.05, 0.1) is 0 Å². The molecule has 20 heavy (non-hydrogen) atoms. The van der Waals surface area contributed by atoms with Gasteiger partial charge in [-0.25, -0.2) is 8.78 Å². The summed E-state index contributed by atoms with van der Waals surface area (Å²) in [6, 6.07) is 11.0. The average molecular weight is 297 g/mol. The summed E-state index contributed by atoms with van der Waals surface area (Å²) < 4.78 is 27.2. The Balaban J connectivity index is 2.16. The van der Waals surface area contributed by atoms with Crippen LogP contribution in [-0.2, 0) is 12.8 Å². The molecule has 0 spiro atoms. The molecule has 106 valence electrons. The quantitative estimate of drug-likeness (QED) is 0.884. The van der Waals surface area contributed by atoms with Crippen molar-refractivity contribution in [3.05, 3.63) is 70.2 Å². The van der Waals surface area contributed by atoms with Crippen LogP contribution in [-0.4, -0.2) is 11.7 Å². The van der Waals surface area contributed by atoms with E-state index in [1.165, 1.54) is 18.2 Å². The minimum absolute atomic E-state index is 0.0126. The fraction of sp³-hybridized carbons (Fsp3) is 0.250. The maximum absolute atomic E-state index is 13.6. The average Bonchev–Trinajstić information content (AvgIpc) is 2.44. The van der Waals surface area contributed by atoms with E-state index < -0.39 is 11.6 Å². The summed E-state index contributed by atoms with van der Waals surface area (Å²) in [7, 11) is 0. The SMILES string of the molecule is OCC(Cc1ccccc1Cl)Cc1c(F)cccc1F. The maximum Gasteiger partial charge on any atom is 0.129 e. The van der Waals surface area contributed by atoms with Crippen LogP contribution in [0.5, 0.6) is 0 Å². The molecule has 0 saturated heterocycles. The lowest BCUT2D eigenvalue weighted by Crippen LogP contribution is -2.15. The molecule has 4 heteroatoms. The van der Waals surface area contributed by atoms with E-state index in [-0.39, 0.29) is 24.5 Å². The molecule has 0 bridgehead atoms. The monoisotopic (exact) mass is 296 g/mol. The lowest BCUT2D eigenvalue weighted by Gasteiger charge is -2.16. The summed E-state index contributed by atoms with van der Waals surface area (Å²) in [4.78, 5) is 0. The van der Waals surface area contributed by atoms with E-state index in [9.17, 15) is 13.9 Å². The molecule has 0 aliphatic rings. The zero-order chi connectivity index (χ0) is 14.5. The van der Waals surface area contributed by atoms with E-state index >= 15 is 0 Å². The molecule has 0 aromatic heterocycles. The first-order valence-electron chi connectivity index (χ1n) is 6.39. The molecule has 1 unspecified atom stereocenters. The number of hydrogen-bond acceptors (Lipinski definition) is 1. The van der Waals surface area contributed by atoms with Crippen molar-refractivity contribution < 1.29 is 13.9 Å². The minimum atomic E-state index is -0.581. The molecule has 1 nitrogen and oxygen atoms in total. The summed E-state index contributed by atoms with van der Waals surface area (Å²) in [5.74, 6) is -1.44. The van der Waals surface area contributed by atoms with E-state index in [1.807, 2.05) is 18.2 Å². The number of aliphatic hydroxyl groups excluding tert-OH is 1. The Hall–Kier alpha value is -1.45. The van der Waals surface area contributed by atoms with E-state index in [4.69, 9.17) is 11.6 Å². The number of aliphatic hydroxyl groups is 1. The molecule has 1 atom stereocenters. The fourth-order valence-corrected chi connectivity index (χ4v) is 2.41. The molecule has 1 N–H and O–H groups in total. The molecule has 2 aromatic carbocycles. The van der Waals surface area contributed by atoms with Crippen LogP contribution in [0.1, 0.15) is 11.1 Å². The second-order valence-electron chi connectivity index (χ2n) is 4.75. The number of hydrogen-bond donors (Lipinski definition) is 1. The van der Waals surface area contributed by atoms with Crippen LogP contribution in [0.3, 0.4) is 0 Å². The van der Waals surface area contributed by atoms with E-state index in [0.29, 0.717) is 11.4 Å². The van der Waals surface area contributed by atoms with Crippen molar-refractivity contribution in [2.75, 3.05) is 6.61 Å². The molecule has 0 fully saturated rings. The number of halogens is 3. The van der Waals surface area contributed by atoms with Crippen LogP contribution in [0.25, 0.3) is 0 Å². The third-order valence-electron chi connectivity index (χ3n) is 3.28. The van der Waals surface area contributed by atoms with Gasteiger partial charge in [0.1, 0.15) is 11.6 Å². The van der Waals surface area contributed by atoms with Gasteiger partial charge in [0.2, 0.25) is 0 Å². The highest BCUT2D eigenvalue weighted by molar-refractivity contribution is 6.31. The van der Waals surface area contributed by atoms with Crippen molar-refractivity contribution in [2.45, 2.75) is 12.8 Å². The fourth-order valence-electron chi connectivity index (χ4n) is 2.19. The largest absolute Gasteiger partial charge is 0.396 e. The number of benzene rings is 2. The second-order valence-corrected chi connectivity index (χ2v) is 5.16. The molecule has 0 saturated carbocycles. The molecule has 0 radical (unpaired) electrons. The van der Waals surface area contributed by atoms with Crippen molar-refractivity contribution in [3.8, 4) is 0 Å². The summed E-state index contributed by atoms with van der Waals surface area (Å²) in [5, 5.41) is 10.0. The first-order valence-corrected chi connectivity index (χ1v) is 6.76. The Morgan fingerprint density at radius 3 is 2.20 bits per heavy atom. The van der Waals surface area contributed by atoms with Crippen LogP contribution in [0.4, 0.5) is 8.78 Å². The Labute approximate surface area is 121 Å². The normalized spacial score (nSPS) is 12.4. The lowest BCUT2D eigenvalue weighted by atomic mass is 9.92. The molecular formula is C16H15ClF2O.